The molecule has 0 radical (unpaired) electrons. The van der Waals surface area contributed by atoms with Crippen molar-refractivity contribution in [2.75, 3.05) is 0 Å². The van der Waals surface area contributed by atoms with Gasteiger partial charge in [0.15, 0.2) is 0 Å². The molecule has 0 fully saturated rings. The molecule has 8 heteroatoms. The van der Waals surface area contributed by atoms with Gasteiger partial charge in [-0.25, -0.2) is 4.98 Å². The lowest BCUT2D eigenvalue weighted by Gasteiger charge is -2.22. The Balaban J connectivity index is 2.22. The van der Waals surface area contributed by atoms with Crippen molar-refractivity contribution in [1.29, 1.82) is 0 Å². The highest BCUT2D eigenvalue weighted by molar-refractivity contribution is 7.12. The molecule has 3 heterocycles. The monoisotopic (exact) mass is 401 g/mol. The van der Waals surface area contributed by atoms with Crippen molar-refractivity contribution in [3.05, 3.63) is 40.1 Å². The van der Waals surface area contributed by atoms with Crippen LogP contribution in [0.25, 0.3) is 11.0 Å². The molecule has 0 atom stereocenters. The molecule has 0 aliphatic rings. The maximum atomic E-state index is 13.1. The van der Waals surface area contributed by atoms with Crippen molar-refractivity contribution >= 4 is 34.1 Å². The van der Waals surface area contributed by atoms with Gasteiger partial charge in [-0.3, -0.25) is 9.59 Å². The maximum Gasteiger partial charge on any atom is 0.224 e. The van der Waals surface area contributed by atoms with Gasteiger partial charge in [0.1, 0.15) is 11.1 Å². The molecule has 3 aromatic heterocycles. The highest BCUT2D eigenvalue weighted by Crippen LogP contribution is 2.36. The lowest BCUT2D eigenvalue weighted by Crippen LogP contribution is -2.35. The summed E-state index contributed by atoms with van der Waals surface area (Å²) in [7, 11) is 0. The predicted octanol–water partition coefficient (Wildman–Crippen LogP) is 3.33. The number of nitrogens with two attached hydrogens (primary N) is 1. The number of aromatic nitrogens is 2. The minimum atomic E-state index is -0.931. The smallest absolute Gasteiger partial charge is 0.224 e. The minimum Gasteiger partial charge on any atom is -0.494 e. The molecule has 0 bridgehead atoms. The highest BCUT2D eigenvalue weighted by atomic mass is 32.1. The number of amides is 1. The topological polar surface area (TPSA) is 107 Å². The minimum absolute atomic E-state index is 0.0897. The summed E-state index contributed by atoms with van der Waals surface area (Å²) < 4.78 is 7.16. The third kappa shape index (κ3) is 3.60. The van der Waals surface area contributed by atoms with E-state index in [1.54, 1.807) is 43.5 Å². The number of hydrogen-bond acceptors (Lipinski definition) is 6. The molecular weight excluding hydrogens is 378 g/mol. The van der Waals surface area contributed by atoms with E-state index >= 15 is 0 Å². The lowest BCUT2D eigenvalue weighted by molar-refractivity contribution is -0.126. The number of hydrogen-bond donors (Lipinski definition) is 2. The Labute approximate surface area is 166 Å². The fourth-order valence-corrected chi connectivity index (χ4v) is 3.54. The van der Waals surface area contributed by atoms with E-state index in [4.69, 9.17) is 10.5 Å². The van der Waals surface area contributed by atoms with Gasteiger partial charge < -0.3 is 20.1 Å². The third-order valence-electron chi connectivity index (χ3n) is 4.40. The number of rotatable bonds is 7. The van der Waals surface area contributed by atoms with Gasteiger partial charge >= 0.3 is 0 Å². The summed E-state index contributed by atoms with van der Waals surface area (Å²) in [6, 6.07) is 6.86. The highest BCUT2D eigenvalue weighted by Gasteiger charge is 2.31. The largest absolute Gasteiger partial charge is 0.494 e. The number of nitrogens with zero attached hydrogens (tertiary/aromatic N) is 2. The number of fused-ring (bicyclic) bond motifs is 1. The lowest BCUT2D eigenvalue weighted by atomic mass is 9.92. The van der Waals surface area contributed by atoms with Crippen molar-refractivity contribution in [1.82, 2.24) is 9.55 Å². The molecule has 0 aliphatic carbocycles. The van der Waals surface area contributed by atoms with Crippen molar-refractivity contribution in [3.8, 4) is 11.8 Å². The molecule has 0 saturated heterocycles. The second-order valence-corrected chi connectivity index (χ2v) is 8.47. The van der Waals surface area contributed by atoms with Gasteiger partial charge in [0.2, 0.25) is 23.5 Å². The van der Waals surface area contributed by atoms with Crippen LogP contribution < -0.4 is 10.5 Å². The van der Waals surface area contributed by atoms with Crippen molar-refractivity contribution < 1.29 is 19.4 Å². The molecule has 3 rings (SSSR count). The molecule has 3 aromatic rings. The second-order valence-electron chi connectivity index (χ2n) is 7.52. The van der Waals surface area contributed by atoms with Crippen LogP contribution in [-0.2, 0) is 11.3 Å². The predicted molar refractivity (Wildman–Crippen MR) is 108 cm³/mol. The summed E-state index contributed by atoms with van der Waals surface area (Å²) in [4.78, 5) is 29.8. The number of ketones is 1. The van der Waals surface area contributed by atoms with Crippen molar-refractivity contribution in [3.63, 3.8) is 0 Å². The zero-order chi connectivity index (χ0) is 20.6. The Bertz CT molecular complexity index is 1040. The first-order valence-electron chi connectivity index (χ1n) is 8.89. The quantitative estimate of drug-likeness (QED) is 0.591. The van der Waals surface area contributed by atoms with Crippen LogP contribution >= 0.6 is 11.3 Å². The fraction of sp³-hybridized carbons (Fsp3) is 0.350. The van der Waals surface area contributed by atoms with Crippen LogP contribution in [0.3, 0.4) is 0 Å². The van der Waals surface area contributed by atoms with E-state index in [1.807, 2.05) is 13.8 Å². The standard InChI is InChI=1S/C20H23N3O4S/c1-11(2)27-14-8-7-12-16(22-14)15(17(24)13-6-5-9-28-13)18(25)23(12)10-20(3,4)19(21)26/h5-9,11,25H,10H2,1-4H3,(H2,21,26). The molecule has 28 heavy (non-hydrogen) atoms. The SMILES string of the molecule is CC(C)Oc1ccc2c(n1)c(C(=O)c1cccs1)c(O)n2CC(C)(C)C(N)=O. The number of primary amides is 1. The number of carbonyl (C=O) groups excluding carboxylic acids is 2. The second kappa shape index (κ2) is 7.27. The van der Waals surface area contributed by atoms with Crippen molar-refractivity contribution in [2.24, 2.45) is 11.1 Å². The van der Waals surface area contributed by atoms with Gasteiger partial charge in [0, 0.05) is 12.6 Å². The Kier molecular flexibility index (Phi) is 5.16. The molecule has 0 aliphatic heterocycles. The van der Waals surface area contributed by atoms with E-state index in [0.717, 1.165) is 0 Å². The zero-order valence-electron chi connectivity index (χ0n) is 16.2. The first-order chi connectivity index (χ1) is 13.1. The maximum absolute atomic E-state index is 13.1. The van der Waals surface area contributed by atoms with Crippen molar-refractivity contribution in [2.45, 2.75) is 40.3 Å². The number of ether oxygens (including phenoxy) is 1. The summed E-state index contributed by atoms with van der Waals surface area (Å²) in [6.45, 7) is 7.23. The van der Waals surface area contributed by atoms with Crippen LogP contribution in [0.4, 0.5) is 0 Å². The van der Waals surface area contributed by atoms with Gasteiger partial charge in [-0.1, -0.05) is 6.07 Å². The number of carbonyl (C=O) groups is 2. The Morgan fingerprint density at radius 2 is 2.04 bits per heavy atom. The van der Waals surface area contributed by atoms with E-state index in [2.05, 4.69) is 4.98 Å². The summed E-state index contributed by atoms with van der Waals surface area (Å²) in [5.41, 5.74) is 5.52. The number of aromatic hydroxyl groups is 1. The van der Waals surface area contributed by atoms with E-state index in [-0.39, 0.29) is 29.9 Å². The van der Waals surface area contributed by atoms with Gasteiger partial charge in [-0.05, 0) is 45.2 Å². The zero-order valence-corrected chi connectivity index (χ0v) is 17.0. The molecule has 3 N–H and O–H groups in total. The molecule has 7 nitrogen and oxygen atoms in total. The molecule has 0 spiro atoms. The van der Waals surface area contributed by atoms with Crippen LogP contribution in [0.15, 0.2) is 29.6 Å². The van der Waals surface area contributed by atoms with Crippen LogP contribution in [-0.4, -0.2) is 32.5 Å². The average Bonchev–Trinajstić information content (AvgIpc) is 3.21. The normalized spacial score (nSPS) is 11.9. The van der Waals surface area contributed by atoms with Crippen LogP contribution in [0, 0.1) is 5.41 Å². The van der Waals surface area contributed by atoms with Gasteiger partial charge in [0.05, 0.1) is 21.9 Å². The molecule has 0 unspecified atom stereocenters. The molecule has 0 aromatic carbocycles. The van der Waals surface area contributed by atoms with Gasteiger partial charge in [-0.15, -0.1) is 11.3 Å². The molecule has 0 saturated carbocycles. The van der Waals surface area contributed by atoms with Crippen LogP contribution in [0.2, 0.25) is 0 Å². The Morgan fingerprint density at radius 1 is 1.32 bits per heavy atom. The molecule has 1 amide bonds. The Hall–Kier alpha value is -2.87. The van der Waals surface area contributed by atoms with Crippen LogP contribution in [0.5, 0.6) is 11.8 Å². The Morgan fingerprint density at radius 3 is 2.61 bits per heavy atom. The summed E-state index contributed by atoms with van der Waals surface area (Å²) >= 11 is 1.28. The summed E-state index contributed by atoms with van der Waals surface area (Å²) in [5, 5.41) is 12.7. The van der Waals surface area contributed by atoms with Crippen LogP contribution in [0.1, 0.15) is 42.9 Å². The average molecular weight is 401 g/mol. The van der Waals surface area contributed by atoms with Gasteiger partial charge in [0.25, 0.3) is 0 Å². The molecule has 148 valence electrons. The first kappa shape index (κ1) is 19.9. The van der Waals surface area contributed by atoms with E-state index in [1.165, 1.54) is 15.9 Å². The first-order valence-corrected chi connectivity index (χ1v) is 9.76. The third-order valence-corrected chi connectivity index (χ3v) is 5.27. The number of thiophene rings is 1. The summed E-state index contributed by atoms with van der Waals surface area (Å²) in [6.07, 6.45) is -0.0918. The fourth-order valence-electron chi connectivity index (χ4n) is 2.87. The van der Waals surface area contributed by atoms with E-state index in [9.17, 15) is 14.7 Å². The number of pyridine rings is 1. The molecular formula is C20H23N3O4S. The van der Waals surface area contributed by atoms with Gasteiger partial charge in [-0.2, -0.15) is 0 Å². The summed E-state index contributed by atoms with van der Waals surface area (Å²) in [5.74, 6) is -0.721. The van der Waals surface area contributed by atoms with E-state index in [0.29, 0.717) is 21.8 Å². The van der Waals surface area contributed by atoms with E-state index < -0.39 is 11.3 Å².